The van der Waals surface area contributed by atoms with Gasteiger partial charge in [-0.2, -0.15) is 10.3 Å². The van der Waals surface area contributed by atoms with Crippen molar-refractivity contribution in [2.24, 2.45) is 5.10 Å². The summed E-state index contributed by atoms with van der Waals surface area (Å²) in [4.78, 5) is 29.6. The Morgan fingerprint density at radius 3 is 3.00 bits per heavy atom. The molecule has 3 heterocycles. The van der Waals surface area contributed by atoms with Gasteiger partial charge in [0.05, 0.1) is 17.7 Å². The molecule has 0 unspecified atom stereocenters. The smallest absolute Gasteiger partial charge is 0.283 e. The molecular formula is C12H10N10O2S. The lowest BCUT2D eigenvalue weighted by molar-refractivity contribution is -0.118. The second kappa shape index (κ2) is 7.87. The van der Waals surface area contributed by atoms with Crippen LogP contribution in [0.25, 0.3) is 11.4 Å². The molecule has 13 heteroatoms. The van der Waals surface area contributed by atoms with Gasteiger partial charge in [-0.05, 0) is 17.3 Å². The monoisotopic (exact) mass is 358 g/mol. The van der Waals surface area contributed by atoms with Crippen molar-refractivity contribution in [2.75, 3.05) is 5.75 Å². The Bertz CT molecular complexity index is 922. The van der Waals surface area contributed by atoms with E-state index in [2.05, 4.69) is 51.3 Å². The van der Waals surface area contributed by atoms with Gasteiger partial charge in [0.2, 0.25) is 11.7 Å². The third-order valence-electron chi connectivity index (χ3n) is 2.71. The molecule has 3 aromatic heterocycles. The molecule has 12 nitrogen and oxygen atoms in total. The van der Waals surface area contributed by atoms with E-state index in [9.17, 15) is 9.59 Å². The van der Waals surface area contributed by atoms with Crippen LogP contribution in [0.1, 0.15) is 5.69 Å². The Morgan fingerprint density at radius 1 is 1.36 bits per heavy atom. The highest BCUT2D eigenvalue weighted by Gasteiger charge is 2.06. The van der Waals surface area contributed by atoms with Crippen LogP contribution in [-0.2, 0) is 4.79 Å². The highest BCUT2D eigenvalue weighted by Crippen LogP contribution is 2.10. The fraction of sp³-hybridized carbons (Fsp3) is 0.0833. The molecule has 0 radical (unpaired) electrons. The predicted molar refractivity (Wildman–Crippen MR) is 86.5 cm³/mol. The van der Waals surface area contributed by atoms with Gasteiger partial charge in [-0.1, -0.05) is 11.8 Å². The molecule has 0 saturated carbocycles. The highest BCUT2D eigenvalue weighted by atomic mass is 32.2. The maximum Gasteiger partial charge on any atom is 0.283 e. The first kappa shape index (κ1) is 16.4. The van der Waals surface area contributed by atoms with Gasteiger partial charge in [0.15, 0.2) is 5.03 Å². The van der Waals surface area contributed by atoms with E-state index < -0.39 is 11.5 Å². The number of carbonyl (C=O) groups excluding carboxylic acids is 1. The number of hydrogen-bond acceptors (Lipinski definition) is 10. The topological polar surface area (TPSA) is 167 Å². The first-order valence-electron chi connectivity index (χ1n) is 6.77. The summed E-state index contributed by atoms with van der Waals surface area (Å²) in [5, 5.41) is 24.6. The molecule has 3 rings (SSSR count). The van der Waals surface area contributed by atoms with Crippen LogP contribution in [-0.4, -0.2) is 58.7 Å². The van der Waals surface area contributed by atoms with Crippen LogP contribution in [0.2, 0.25) is 0 Å². The summed E-state index contributed by atoms with van der Waals surface area (Å²) in [6.45, 7) is 0. The number of carbonyl (C=O) groups is 1. The van der Waals surface area contributed by atoms with Crippen molar-refractivity contribution < 1.29 is 4.79 Å². The summed E-state index contributed by atoms with van der Waals surface area (Å²) in [5.74, 6) is 0.0126. The Labute approximate surface area is 143 Å². The molecule has 0 saturated heterocycles. The van der Waals surface area contributed by atoms with Crippen LogP contribution in [0.3, 0.4) is 0 Å². The van der Waals surface area contributed by atoms with Gasteiger partial charge in [0.1, 0.15) is 6.33 Å². The summed E-state index contributed by atoms with van der Waals surface area (Å²) in [7, 11) is 0. The van der Waals surface area contributed by atoms with Gasteiger partial charge in [0.25, 0.3) is 5.56 Å². The van der Waals surface area contributed by atoms with E-state index in [1.54, 1.807) is 18.3 Å². The lowest BCUT2D eigenvalue weighted by atomic mass is 10.2. The van der Waals surface area contributed by atoms with Crippen molar-refractivity contribution in [3.05, 3.63) is 40.7 Å². The van der Waals surface area contributed by atoms with E-state index in [-0.39, 0.29) is 10.8 Å². The zero-order valence-electron chi connectivity index (χ0n) is 12.4. The molecule has 126 valence electrons. The fourth-order valence-electron chi connectivity index (χ4n) is 1.60. The Hall–Kier alpha value is -3.48. The average molecular weight is 358 g/mol. The normalized spacial score (nSPS) is 10.9. The molecule has 0 aliphatic rings. The van der Waals surface area contributed by atoms with Crippen LogP contribution in [0, 0.1) is 0 Å². The van der Waals surface area contributed by atoms with Gasteiger partial charge in [-0.25, -0.2) is 5.43 Å². The quantitative estimate of drug-likeness (QED) is 0.284. The molecular weight excluding hydrogens is 348 g/mol. The first-order chi connectivity index (χ1) is 12.2. The number of thioether (sulfide) groups is 1. The minimum absolute atomic E-state index is 0.0245. The predicted octanol–water partition coefficient (Wildman–Crippen LogP) is -1.02. The average Bonchev–Trinajstić information content (AvgIpc) is 3.16. The number of nitrogens with zero attached hydrogens (tertiary/aromatic N) is 7. The molecule has 0 fully saturated rings. The molecule has 3 N–H and O–H groups in total. The number of nitrogens with one attached hydrogen (secondary N) is 3. The third-order valence-corrected chi connectivity index (χ3v) is 3.66. The van der Waals surface area contributed by atoms with Crippen molar-refractivity contribution in [3.63, 3.8) is 0 Å². The first-order valence-corrected chi connectivity index (χ1v) is 7.76. The maximum atomic E-state index is 11.7. The van der Waals surface area contributed by atoms with E-state index >= 15 is 0 Å². The summed E-state index contributed by atoms with van der Waals surface area (Å²) < 4.78 is 0. The summed E-state index contributed by atoms with van der Waals surface area (Å²) in [6.07, 6.45) is 4.12. The van der Waals surface area contributed by atoms with Crippen LogP contribution >= 0.6 is 11.8 Å². The van der Waals surface area contributed by atoms with Crippen LogP contribution in [0.4, 0.5) is 0 Å². The van der Waals surface area contributed by atoms with Gasteiger partial charge >= 0.3 is 0 Å². The summed E-state index contributed by atoms with van der Waals surface area (Å²) >= 11 is 0.960. The second-order valence-electron chi connectivity index (χ2n) is 4.41. The van der Waals surface area contributed by atoms with Crippen molar-refractivity contribution >= 4 is 23.9 Å². The zero-order valence-corrected chi connectivity index (χ0v) is 13.3. The SMILES string of the molecule is O=C(CSc1nnc[nH]c1=O)N/N=C/c1ccc(-c2nn[nH]n2)cn1. The molecule has 1 amide bonds. The number of pyridine rings is 1. The largest absolute Gasteiger partial charge is 0.309 e. The number of aromatic amines is 2. The Balaban J connectivity index is 1.50. The standard InChI is InChI=1S/C12H10N10O2S/c23-9(5-25-12-11(24)14-6-16-20-12)17-15-4-8-2-1-7(3-13-8)10-18-21-22-19-10/h1-4,6H,5H2,(H,17,23)(H,14,16,24)(H,18,19,21,22)/b15-4+. The summed E-state index contributed by atoms with van der Waals surface area (Å²) in [6, 6.07) is 3.44. The van der Waals surface area contributed by atoms with E-state index in [0.29, 0.717) is 17.1 Å². The number of rotatable bonds is 6. The van der Waals surface area contributed by atoms with Crippen molar-refractivity contribution in [1.29, 1.82) is 0 Å². The van der Waals surface area contributed by atoms with Gasteiger partial charge in [0, 0.05) is 11.8 Å². The third kappa shape index (κ3) is 4.51. The minimum atomic E-state index is -0.401. The fourth-order valence-corrected chi connectivity index (χ4v) is 2.23. The lowest BCUT2D eigenvalue weighted by Gasteiger charge is -1.99. The molecule has 25 heavy (non-hydrogen) atoms. The van der Waals surface area contributed by atoms with Crippen molar-refractivity contribution in [2.45, 2.75) is 5.03 Å². The molecule has 0 bridgehead atoms. The van der Waals surface area contributed by atoms with Crippen LogP contribution in [0.15, 0.2) is 39.6 Å². The molecule has 0 aliphatic heterocycles. The number of amides is 1. The highest BCUT2D eigenvalue weighted by molar-refractivity contribution is 7.99. The van der Waals surface area contributed by atoms with Gasteiger partial charge < -0.3 is 4.98 Å². The number of H-pyrrole nitrogens is 2. The lowest BCUT2D eigenvalue weighted by Crippen LogP contribution is -2.21. The van der Waals surface area contributed by atoms with Gasteiger partial charge in [-0.3, -0.25) is 14.6 Å². The minimum Gasteiger partial charge on any atom is -0.309 e. The summed E-state index contributed by atoms with van der Waals surface area (Å²) in [5.41, 5.74) is 3.16. The number of tetrazole rings is 1. The van der Waals surface area contributed by atoms with E-state index in [1.165, 1.54) is 12.5 Å². The molecule has 0 aromatic carbocycles. The van der Waals surface area contributed by atoms with Crippen LogP contribution < -0.4 is 11.0 Å². The van der Waals surface area contributed by atoms with E-state index in [0.717, 1.165) is 11.8 Å². The Morgan fingerprint density at radius 2 is 2.28 bits per heavy atom. The number of hydrogen-bond donors (Lipinski definition) is 3. The van der Waals surface area contributed by atoms with E-state index in [1.807, 2.05) is 0 Å². The molecule has 0 aliphatic carbocycles. The number of hydrazone groups is 1. The molecule has 3 aromatic rings. The Kier molecular flexibility index (Phi) is 5.16. The van der Waals surface area contributed by atoms with Gasteiger partial charge in [-0.15, -0.1) is 20.4 Å². The maximum absolute atomic E-state index is 11.7. The second-order valence-corrected chi connectivity index (χ2v) is 5.38. The molecule has 0 atom stereocenters. The zero-order chi connectivity index (χ0) is 17.5. The van der Waals surface area contributed by atoms with Crippen molar-refractivity contribution in [3.8, 4) is 11.4 Å². The van der Waals surface area contributed by atoms with Crippen molar-refractivity contribution in [1.82, 2.24) is 46.2 Å². The van der Waals surface area contributed by atoms with E-state index in [4.69, 9.17) is 0 Å². The molecule has 0 spiro atoms. The number of aromatic nitrogens is 8. The van der Waals surface area contributed by atoms with Crippen LogP contribution in [0.5, 0.6) is 0 Å².